The number of carbonyl (C=O) groups is 2. The lowest BCUT2D eigenvalue weighted by Gasteiger charge is -2.21. The van der Waals surface area contributed by atoms with Crippen LogP contribution in [-0.2, 0) is 4.79 Å². The Bertz CT molecular complexity index is 1020. The molecule has 0 aromatic heterocycles. The highest BCUT2D eigenvalue weighted by Gasteiger charge is 2.21. The Labute approximate surface area is 167 Å². The average molecular weight is 393 g/mol. The molecule has 0 radical (unpaired) electrons. The molecule has 0 aliphatic carbocycles. The number of benzene rings is 3. The second-order valence-electron chi connectivity index (χ2n) is 6.42. The van der Waals surface area contributed by atoms with Crippen molar-refractivity contribution in [1.29, 1.82) is 0 Å². The van der Waals surface area contributed by atoms with Crippen molar-refractivity contribution in [2.24, 2.45) is 0 Å². The molecule has 140 valence electrons. The highest BCUT2D eigenvalue weighted by molar-refractivity contribution is 6.30. The number of ether oxygens (including phenoxy) is 1. The van der Waals surface area contributed by atoms with Crippen molar-refractivity contribution in [3.05, 3.63) is 94.5 Å². The summed E-state index contributed by atoms with van der Waals surface area (Å²) in [5.41, 5.74) is 2.89. The first kappa shape index (κ1) is 18.1. The number of rotatable bonds is 4. The molecule has 0 saturated heterocycles. The van der Waals surface area contributed by atoms with Crippen LogP contribution in [0, 0.1) is 0 Å². The lowest BCUT2D eigenvalue weighted by molar-refractivity contribution is -0.118. The average Bonchev–Trinajstić information content (AvgIpc) is 2.73. The molecule has 0 spiro atoms. The smallest absolute Gasteiger partial charge is 0.262 e. The van der Waals surface area contributed by atoms with Gasteiger partial charge in [-0.05, 0) is 41.5 Å². The van der Waals surface area contributed by atoms with E-state index in [4.69, 9.17) is 16.3 Å². The molecule has 4 rings (SSSR count). The van der Waals surface area contributed by atoms with Crippen molar-refractivity contribution in [3.8, 4) is 5.75 Å². The van der Waals surface area contributed by atoms with Gasteiger partial charge in [0.05, 0.1) is 11.7 Å². The minimum absolute atomic E-state index is 0.0600. The summed E-state index contributed by atoms with van der Waals surface area (Å²) >= 11 is 6.01. The summed E-state index contributed by atoms with van der Waals surface area (Å²) in [5.74, 6) is 0.0266. The lowest BCUT2D eigenvalue weighted by Crippen LogP contribution is -2.30. The molecule has 1 aliphatic rings. The van der Waals surface area contributed by atoms with Crippen LogP contribution in [0.5, 0.6) is 5.75 Å². The van der Waals surface area contributed by atoms with Gasteiger partial charge >= 0.3 is 0 Å². The van der Waals surface area contributed by atoms with Crippen LogP contribution >= 0.6 is 11.6 Å². The first-order valence-corrected chi connectivity index (χ1v) is 9.16. The van der Waals surface area contributed by atoms with Crippen LogP contribution in [-0.4, -0.2) is 18.4 Å². The molecular formula is C22H17ClN2O3. The third-order valence-corrected chi connectivity index (χ3v) is 4.74. The normalized spacial score (nSPS) is 13.7. The molecule has 28 heavy (non-hydrogen) atoms. The summed E-state index contributed by atoms with van der Waals surface area (Å²) in [4.78, 5) is 24.3. The molecule has 0 fully saturated rings. The van der Waals surface area contributed by atoms with Gasteiger partial charge in [0.25, 0.3) is 11.8 Å². The Morgan fingerprint density at radius 1 is 1.00 bits per heavy atom. The number of carbonyl (C=O) groups excluding carboxylic acids is 2. The summed E-state index contributed by atoms with van der Waals surface area (Å²) in [7, 11) is 0. The molecule has 3 aromatic rings. The minimum atomic E-state index is -0.331. The number of hydrogen-bond donors (Lipinski definition) is 2. The van der Waals surface area contributed by atoms with E-state index in [2.05, 4.69) is 10.6 Å². The van der Waals surface area contributed by atoms with E-state index in [1.807, 2.05) is 42.5 Å². The maximum Gasteiger partial charge on any atom is 0.262 e. The van der Waals surface area contributed by atoms with Gasteiger partial charge in [-0.3, -0.25) is 9.59 Å². The van der Waals surface area contributed by atoms with Crippen molar-refractivity contribution < 1.29 is 14.3 Å². The van der Waals surface area contributed by atoms with Crippen molar-refractivity contribution in [2.75, 3.05) is 11.9 Å². The van der Waals surface area contributed by atoms with Crippen molar-refractivity contribution in [2.45, 2.75) is 6.04 Å². The second kappa shape index (κ2) is 7.74. The Morgan fingerprint density at radius 2 is 1.71 bits per heavy atom. The van der Waals surface area contributed by atoms with Gasteiger partial charge < -0.3 is 15.4 Å². The Hall–Kier alpha value is -3.31. The summed E-state index contributed by atoms with van der Waals surface area (Å²) in [6.45, 7) is -0.0600. The van der Waals surface area contributed by atoms with Crippen molar-refractivity contribution in [3.63, 3.8) is 0 Å². The number of nitrogens with one attached hydrogen (secondary N) is 2. The Morgan fingerprint density at radius 3 is 2.46 bits per heavy atom. The van der Waals surface area contributed by atoms with Gasteiger partial charge in [-0.1, -0.05) is 54.1 Å². The molecule has 1 atom stereocenters. The van der Waals surface area contributed by atoms with Crippen LogP contribution in [0.2, 0.25) is 5.02 Å². The monoisotopic (exact) mass is 392 g/mol. The van der Waals surface area contributed by atoms with E-state index in [9.17, 15) is 9.59 Å². The Balaban J connectivity index is 1.62. The predicted molar refractivity (Wildman–Crippen MR) is 108 cm³/mol. The Kier molecular flexibility index (Phi) is 5.00. The number of fused-ring (bicyclic) bond motifs is 1. The summed E-state index contributed by atoms with van der Waals surface area (Å²) in [5, 5.41) is 6.43. The van der Waals surface area contributed by atoms with E-state index in [1.165, 1.54) is 0 Å². The van der Waals surface area contributed by atoms with Gasteiger partial charge in [0.15, 0.2) is 6.61 Å². The maximum absolute atomic E-state index is 12.9. The van der Waals surface area contributed by atoms with E-state index >= 15 is 0 Å². The van der Waals surface area contributed by atoms with Crippen molar-refractivity contribution in [1.82, 2.24) is 5.32 Å². The second-order valence-corrected chi connectivity index (χ2v) is 6.85. The molecule has 2 N–H and O–H groups in total. The summed E-state index contributed by atoms with van der Waals surface area (Å²) < 4.78 is 5.41. The standard InChI is InChI=1S/C22H17ClN2O3/c23-17-9-6-15(7-10-17)21(14-4-2-1-3-5-14)25-22(27)16-8-11-18-19(12-16)28-13-20(26)24-18/h1-12,21H,13H2,(H,24,26)(H,25,27). The van der Waals surface area contributed by atoms with Gasteiger partial charge in [0, 0.05) is 10.6 Å². The van der Waals surface area contributed by atoms with Crippen LogP contribution < -0.4 is 15.4 Å². The van der Waals surface area contributed by atoms with Crippen LogP contribution in [0.25, 0.3) is 0 Å². The molecule has 1 heterocycles. The van der Waals surface area contributed by atoms with Gasteiger partial charge in [-0.2, -0.15) is 0 Å². The largest absolute Gasteiger partial charge is 0.482 e. The minimum Gasteiger partial charge on any atom is -0.482 e. The van der Waals surface area contributed by atoms with Crippen LogP contribution in [0.1, 0.15) is 27.5 Å². The highest BCUT2D eigenvalue weighted by Crippen LogP contribution is 2.29. The lowest BCUT2D eigenvalue weighted by atomic mass is 9.98. The molecule has 1 unspecified atom stereocenters. The van der Waals surface area contributed by atoms with Gasteiger partial charge in [-0.15, -0.1) is 0 Å². The van der Waals surface area contributed by atoms with Crippen LogP contribution in [0.15, 0.2) is 72.8 Å². The maximum atomic E-state index is 12.9. The fourth-order valence-electron chi connectivity index (χ4n) is 3.09. The fourth-order valence-corrected chi connectivity index (χ4v) is 3.22. The summed E-state index contributed by atoms with van der Waals surface area (Å²) in [6.07, 6.45) is 0. The predicted octanol–water partition coefficient (Wildman–Crippen LogP) is 4.19. The molecule has 3 aromatic carbocycles. The van der Waals surface area contributed by atoms with E-state index < -0.39 is 0 Å². The molecule has 1 aliphatic heterocycles. The van der Waals surface area contributed by atoms with Crippen LogP contribution in [0.4, 0.5) is 5.69 Å². The highest BCUT2D eigenvalue weighted by atomic mass is 35.5. The third kappa shape index (κ3) is 3.85. The molecule has 0 saturated carbocycles. The van der Waals surface area contributed by atoms with E-state index in [0.29, 0.717) is 22.0 Å². The topological polar surface area (TPSA) is 67.4 Å². The number of anilines is 1. The first-order valence-electron chi connectivity index (χ1n) is 8.78. The molecule has 5 nitrogen and oxygen atoms in total. The van der Waals surface area contributed by atoms with Gasteiger partial charge in [0.2, 0.25) is 0 Å². The number of halogens is 1. The quantitative estimate of drug-likeness (QED) is 0.699. The summed E-state index contributed by atoms with van der Waals surface area (Å²) in [6, 6.07) is 21.7. The van der Waals surface area contributed by atoms with E-state index in [-0.39, 0.29) is 24.5 Å². The fraction of sp³-hybridized carbons (Fsp3) is 0.0909. The zero-order valence-electron chi connectivity index (χ0n) is 14.8. The molecular weight excluding hydrogens is 376 g/mol. The van der Waals surface area contributed by atoms with E-state index in [0.717, 1.165) is 11.1 Å². The van der Waals surface area contributed by atoms with Gasteiger partial charge in [0.1, 0.15) is 5.75 Å². The van der Waals surface area contributed by atoms with E-state index in [1.54, 1.807) is 30.3 Å². The number of hydrogen-bond acceptors (Lipinski definition) is 3. The van der Waals surface area contributed by atoms with Crippen LogP contribution in [0.3, 0.4) is 0 Å². The number of amides is 2. The molecule has 0 bridgehead atoms. The zero-order valence-corrected chi connectivity index (χ0v) is 15.6. The third-order valence-electron chi connectivity index (χ3n) is 4.49. The first-order chi connectivity index (χ1) is 13.6. The van der Waals surface area contributed by atoms with Gasteiger partial charge in [-0.25, -0.2) is 0 Å². The molecule has 6 heteroatoms. The zero-order chi connectivity index (χ0) is 19.5. The van der Waals surface area contributed by atoms with Crippen molar-refractivity contribution >= 4 is 29.1 Å². The SMILES string of the molecule is O=C1COc2cc(C(=O)NC(c3ccccc3)c3ccc(Cl)cc3)ccc2N1. The molecule has 2 amide bonds.